The van der Waals surface area contributed by atoms with Crippen molar-refractivity contribution < 1.29 is 4.74 Å². The number of halogens is 1. The van der Waals surface area contributed by atoms with Crippen LogP contribution in [0.5, 0.6) is 5.75 Å². The van der Waals surface area contributed by atoms with E-state index in [1.54, 1.807) is 13.3 Å². The largest absolute Gasteiger partial charge is 0.496 e. The molecule has 0 amide bonds. The maximum absolute atomic E-state index is 5.66. The van der Waals surface area contributed by atoms with Crippen molar-refractivity contribution >= 4 is 15.9 Å². The smallest absolute Gasteiger partial charge is 0.122 e. The summed E-state index contributed by atoms with van der Waals surface area (Å²) in [7, 11) is 1.68. The van der Waals surface area contributed by atoms with Gasteiger partial charge in [0.2, 0.25) is 0 Å². The van der Waals surface area contributed by atoms with E-state index < -0.39 is 0 Å². The van der Waals surface area contributed by atoms with E-state index in [1.807, 2.05) is 30.3 Å². The summed E-state index contributed by atoms with van der Waals surface area (Å²) in [6.07, 6.45) is 3.35. The molecule has 0 saturated heterocycles. The van der Waals surface area contributed by atoms with Crippen LogP contribution in [0.25, 0.3) is 0 Å². The van der Waals surface area contributed by atoms with E-state index in [2.05, 4.69) is 32.4 Å². The molecule has 0 aliphatic heterocycles. The van der Waals surface area contributed by atoms with Gasteiger partial charge in [-0.15, -0.1) is 0 Å². The summed E-state index contributed by atoms with van der Waals surface area (Å²) in [6.45, 7) is 0. The van der Waals surface area contributed by atoms with E-state index in [9.17, 15) is 0 Å². The highest BCUT2D eigenvalue weighted by molar-refractivity contribution is 9.10. The molecule has 1 aromatic heterocycles. The maximum Gasteiger partial charge on any atom is 0.122 e. The lowest BCUT2D eigenvalue weighted by molar-refractivity contribution is 0.404. The van der Waals surface area contributed by atoms with E-state index >= 15 is 0 Å². The number of ether oxygens (including phenoxy) is 1. The van der Waals surface area contributed by atoms with E-state index in [0.717, 1.165) is 34.3 Å². The third kappa shape index (κ3) is 4.03. The summed E-state index contributed by atoms with van der Waals surface area (Å²) in [5.41, 5.74) is 5.00. The molecular weight excluding hydrogens is 318 g/mol. The Kier molecular flexibility index (Phi) is 5.52. The van der Waals surface area contributed by atoms with Gasteiger partial charge < -0.3 is 4.74 Å². The lowest BCUT2D eigenvalue weighted by Crippen LogP contribution is -2.38. The monoisotopic (exact) mass is 335 g/mol. The molecule has 1 unspecified atom stereocenters. The molecule has 3 N–H and O–H groups in total. The predicted molar refractivity (Wildman–Crippen MR) is 83.5 cm³/mol. The minimum Gasteiger partial charge on any atom is -0.496 e. The number of nitrogens with zero attached hydrogens (tertiary/aromatic N) is 1. The number of hydrogen-bond donors (Lipinski definition) is 2. The molecule has 0 saturated carbocycles. The number of hydrazine groups is 1. The lowest BCUT2D eigenvalue weighted by atomic mass is 10.0. The Morgan fingerprint density at radius 1 is 1.25 bits per heavy atom. The van der Waals surface area contributed by atoms with E-state index in [4.69, 9.17) is 10.6 Å². The van der Waals surface area contributed by atoms with Crippen molar-refractivity contribution in [3.63, 3.8) is 0 Å². The molecule has 1 atom stereocenters. The first-order valence-electron chi connectivity index (χ1n) is 6.41. The molecule has 1 heterocycles. The van der Waals surface area contributed by atoms with Crippen LogP contribution in [0.2, 0.25) is 0 Å². The van der Waals surface area contributed by atoms with E-state index in [0.29, 0.717) is 0 Å². The van der Waals surface area contributed by atoms with Gasteiger partial charge in [0.15, 0.2) is 0 Å². The summed E-state index contributed by atoms with van der Waals surface area (Å²) in [5.74, 6) is 6.55. The number of hydrogen-bond acceptors (Lipinski definition) is 4. The van der Waals surface area contributed by atoms with Crippen LogP contribution in [0, 0.1) is 0 Å². The van der Waals surface area contributed by atoms with Gasteiger partial charge in [-0.05, 0) is 46.1 Å². The summed E-state index contributed by atoms with van der Waals surface area (Å²) in [6, 6.07) is 12.1. The number of nitrogens with two attached hydrogens (primary N) is 1. The van der Waals surface area contributed by atoms with Crippen LogP contribution >= 0.6 is 15.9 Å². The van der Waals surface area contributed by atoms with Crippen molar-refractivity contribution in [2.45, 2.75) is 18.9 Å². The van der Waals surface area contributed by atoms with Gasteiger partial charge >= 0.3 is 0 Å². The highest BCUT2D eigenvalue weighted by Gasteiger charge is 2.12. The standard InChI is InChI=1S/C15H18BrN3O/c1-20-15-5-3-2-4-11(15)8-14(19-17)9-13-7-6-12(16)10-18-13/h2-7,10,14,19H,8-9,17H2,1H3. The van der Waals surface area contributed by atoms with Crippen molar-refractivity contribution in [2.75, 3.05) is 7.11 Å². The fourth-order valence-corrected chi connectivity index (χ4v) is 2.34. The van der Waals surface area contributed by atoms with Crippen LogP contribution in [0.3, 0.4) is 0 Å². The molecular formula is C15H18BrN3O. The minimum absolute atomic E-state index is 0.111. The fourth-order valence-electron chi connectivity index (χ4n) is 2.11. The SMILES string of the molecule is COc1ccccc1CC(Cc1ccc(Br)cn1)NN. The second kappa shape index (κ2) is 7.38. The number of nitrogens with one attached hydrogen (secondary N) is 1. The number of aromatic nitrogens is 1. The number of methoxy groups -OCH3 is 1. The van der Waals surface area contributed by atoms with Crippen LogP contribution in [-0.4, -0.2) is 18.1 Å². The van der Waals surface area contributed by atoms with Gasteiger partial charge in [-0.1, -0.05) is 18.2 Å². The Balaban J connectivity index is 2.07. The first-order valence-corrected chi connectivity index (χ1v) is 7.20. The van der Waals surface area contributed by atoms with Crippen molar-refractivity contribution in [1.82, 2.24) is 10.4 Å². The summed E-state index contributed by atoms with van der Waals surface area (Å²) in [5, 5.41) is 0. The van der Waals surface area contributed by atoms with Gasteiger partial charge in [-0.25, -0.2) is 0 Å². The van der Waals surface area contributed by atoms with Crippen molar-refractivity contribution in [2.24, 2.45) is 5.84 Å². The predicted octanol–water partition coefficient (Wildman–Crippen LogP) is 2.47. The molecule has 1 aromatic carbocycles. The quantitative estimate of drug-likeness (QED) is 0.628. The third-order valence-electron chi connectivity index (χ3n) is 3.14. The topological polar surface area (TPSA) is 60.2 Å². The van der Waals surface area contributed by atoms with E-state index in [-0.39, 0.29) is 6.04 Å². The van der Waals surface area contributed by atoms with Crippen LogP contribution in [-0.2, 0) is 12.8 Å². The summed E-state index contributed by atoms with van der Waals surface area (Å²) in [4.78, 5) is 4.38. The van der Waals surface area contributed by atoms with Gasteiger partial charge in [0.05, 0.1) is 7.11 Å². The summed E-state index contributed by atoms with van der Waals surface area (Å²) < 4.78 is 6.34. The van der Waals surface area contributed by atoms with Gasteiger partial charge in [-0.2, -0.15) is 0 Å². The number of rotatable bonds is 6. The molecule has 0 spiro atoms. The Bertz CT molecular complexity index is 545. The van der Waals surface area contributed by atoms with Crippen LogP contribution in [0.15, 0.2) is 47.1 Å². The minimum atomic E-state index is 0.111. The molecule has 5 heteroatoms. The molecule has 0 bridgehead atoms. The van der Waals surface area contributed by atoms with Crippen LogP contribution in [0.4, 0.5) is 0 Å². The molecule has 106 valence electrons. The second-order valence-electron chi connectivity index (χ2n) is 4.55. The van der Waals surface area contributed by atoms with Crippen molar-refractivity contribution in [1.29, 1.82) is 0 Å². The van der Waals surface area contributed by atoms with Crippen molar-refractivity contribution in [3.8, 4) is 5.75 Å². The van der Waals surface area contributed by atoms with Gasteiger partial charge in [-0.3, -0.25) is 16.3 Å². The average Bonchev–Trinajstić information content (AvgIpc) is 2.49. The molecule has 4 nitrogen and oxygen atoms in total. The van der Waals surface area contributed by atoms with Gasteiger partial charge in [0.1, 0.15) is 5.75 Å². The van der Waals surface area contributed by atoms with Crippen LogP contribution < -0.4 is 16.0 Å². The Morgan fingerprint density at radius 3 is 2.70 bits per heavy atom. The molecule has 20 heavy (non-hydrogen) atoms. The third-order valence-corrected chi connectivity index (χ3v) is 3.61. The molecule has 0 radical (unpaired) electrons. The maximum atomic E-state index is 5.66. The van der Waals surface area contributed by atoms with Crippen LogP contribution in [0.1, 0.15) is 11.3 Å². The highest BCUT2D eigenvalue weighted by atomic mass is 79.9. The van der Waals surface area contributed by atoms with Crippen molar-refractivity contribution in [3.05, 3.63) is 58.3 Å². The molecule has 0 fully saturated rings. The molecule has 2 aromatic rings. The fraction of sp³-hybridized carbons (Fsp3) is 0.267. The lowest BCUT2D eigenvalue weighted by Gasteiger charge is -2.17. The molecule has 0 aliphatic rings. The Hall–Kier alpha value is -1.43. The summed E-state index contributed by atoms with van der Waals surface area (Å²) >= 11 is 3.38. The first kappa shape index (κ1) is 15.0. The normalized spacial score (nSPS) is 12.2. The number of pyridine rings is 1. The van der Waals surface area contributed by atoms with Gasteiger partial charge in [0, 0.05) is 28.8 Å². The Labute approximate surface area is 127 Å². The van der Waals surface area contributed by atoms with E-state index in [1.165, 1.54) is 0 Å². The highest BCUT2D eigenvalue weighted by Crippen LogP contribution is 2.20. The molecule has 0 aliphatic carbocycles. The second-order valence-corrected chi connectivity index (χ2v) is 5.47. The molecule has 2 rings (SSSR count). The number of benzene rings is 1. The first-order chi connectivity index (χ1) is 9.72. The van der Waals surface area contributed by atoms with Gasteiger partial charge in [0.25, 0.3) is 0 Å². The zero-order valence-corrected chi connectivity index (χ0v) is 12.9. The average molecular weight is 336 g/mol. The zero-order valence-electron chi connectivity index (χ0n) is 11.3. The Morgan fingerprint density at radius 2 is 2.05 bits per heavy atom. The zero-order chi connectivity index (χ0) is 14.4. The number of para-hydroxylation sites is 1.